The number of anilines is 2. The SMILES string of the molecule is Cc1cc(Br)oc1C(=O)Nc1ccc(NCC2CCCC2)cc1. The molecule has 0 bridgehead atoms. The number of amides is 1. The average molecular weight is 377 g/mol. The number of halogens is 1. The summed E-state index contributed by atoms with van der Waals surface area (Å²) in [5, 5.41) is 6.33. The zero-order valence-electron chi connectivity index (χ0n) is 13.2. The van der Waals surface area contributed by atoms with Crippen molar-refractivity contribution in [3.05, 3.63) is 46.3 Å². The third-order valence-corrected chi connectivity index (χ3v) is 4.70. The van der Waals surface area contributed by atoms with Crippen LogP contribution in [-0.2, 0) is 0 Å². The van der Waals surface area contributed by atoms with Crippen LogP contribution in [-0.4, -0.2) is 12.5 Å². The first-order valence-corrected chi connectivity index (χ1v) is 8.82. The van der Waals surface area contributed by atoms with E-state index in [4.69, 9.17) is 4.42 Å². The van der Waals surface area contributed by atoms with Crippen LogP contribution in [0.3, 0.4) is 0 Å². The molecule has 1 amide bonds. The monoisotopic (exact) mass is 376 g/mol. The minimum Gasteiger partial charge on any atom is -0.444 e. The number of hydrogen-bond acceptors (Lipinski definition) is 3. The van der Waals surface area contributed by atoms with Crippen molar-refractivity contribution in [2.24, 2.45) is 5.92 Å². The standard InChI is InChI=1S/C18H21BrN2O2/c1-12-10-16(19)23-17(12)18(22)21-15-8-6-14(7-9-15)20-11-13-4-2-3-5-13/h6-10,13,20H,2-5,11H2,1H3,(H,21,22). The molecular weight excluding hydrogens is 356 g/mol. The van der Waals surface area contributed by atoms with Gasteiger partial charge in [-0.25, -0.2) is 0 Å². The van der Waals surface area contributed by atoms with Crippen molar-refractivity contribution < 1.29 is 9.21 Å². The second kappa shape index (κ2) is 7.21. The van der Waals surface area contributed by atoms with Gasteiger partial charge >= 0.3 is 0 Å². The molecule has 1 aliphatic carbocycles. The van der Waals surface area contributed by atoms with Gasteiger partial charge in [-0.1, -0.05) is 12.8 Å². The van der Waals surface area contributed by atoms with Gasteiger partial charge in [-0.15, -0.1) is 0 Å². The van der Waals surface area contributed by atoms with E-state index in [9.17, 15) is 4.79 Å². The Balaban J connectivity index is 1.56. The predicted octanol–water partition coefficient (Wildman–Crippen LogP) is 5.20. The fourth-order valence-corrected chi connectivity index (χ4v) is 3.51. The van der Waals surface area contributed by atoms with Crippen molar-refractivity contribution in [2.75, 3.05) is 17.2 Å². The molecule has 1 aromatic heterocycles. The van der Waals surface area contributed by atoms with Crippen LogP contribution in [0.2, 0.25) is 0 Å². The quantitative estimate of drug-likeness (QED) is 0.753. The van der Waals surface area contributed by atoms with Gasteiger partial charge in [0, 0.05) is 23.5 Å². The minimum atomic E-state index is -0.236. The van der Waals surface area contributed by atoms with Crippen LogP contribution in [0.5, 0.6) is 0 Å². The maximum absolute atomic E-state index is 12.2. The lowest BCUT2D eigenvalue weighted by Gasteiger charge is -2.12. The summed E-state index contributed by atoms with van der Waals surface area (Å²) in [5.41, 5.74) is 2.66. The van der Waals surface area contributed by atoms with Gasteiger partial charge in [0.05, 0.1) is 0 Å². The van der Waals surface area contributed by atoms with E-state index in [1.807, 2.05) is 31.2 Å². The van der Waals surface area contributed by atoms with Gasteiger partial charge < -0.3 is 15.1 Å². The van der Waals surface area contributed by atoms with Gasteiger partial charge in [-0.05, 0) is 71.9 Å². The van der Waals surface area contributed by atoms with Crippen molar-refractivity contribution in [3.8, 4) is 0 Å². The molecule has 5 heteroatoms. The van der Waals surface area contributed by atoms with Gasteiger partial charge in [0.2, 0.25) is 0 Å². The summed E-state index contributed by atoms with van der Waals surface area (Å²) in [6.45, 7) is 2.88. The molecule has 122 valence electrons. The maximum atomic E-state index is 12.2. The topological polar surface area (TPSA) is 54.3 Å². The molecule has 1 aromatic carbocycles. The van der Waals surface area contributed by atoms with Gasteiger partial charge in [0.25, 0.3) is 5.91 Å². The minimum absolute atomic E-state index is 0.236. The van der Waals surface area contributed by atoms with Gasteiger partial charge in [-0.2, -0.15) is 0 Å². The maximum Gasteiger partial charge on any atom is 0.291 e. The highest BCUT2D eigenvalue weighted by Crippen LogP contribution is 2.25. The number of rotatable bonds is 5. The Kier molecular flexibility index (Phi) is 5.06. The zero-order chi connectivity index (χ0) is 16.2. The summed E-state index contributed by atoms with van der Waals surface area (Å²) in [7, 11) is 0. The van der Waals surface area contributed by atoms with Crippen molar-refractivity contribution in [1.82, 2.24) is 0 Å². The number of carbonyl (C=O) groups excluding carboxylic acids is 1. The normalized spacial score (nSPS) is 14.9. The van der Waals surface area contributed by atoms with E-state index in [0.29, 0.717) is 10.4 Å². The Morgan fingerprint density at radius 1 is 1.22 bits per heavy atom. The highest BCUT2D eigenvalue weighted by atomic mass is 79.9. The number of furan rings is 1. The second-order valence-electron chi connectivity index (χ2n) is 6.13. The highest BCUT2D eigenvalue weighted by molar-refractivity contribution is 9.10. The first-order valence-electron chi connectivity index (χ1n) is 8.03. The molecule has 2 N–H and O–H groups in total. The number of benzene rings is 1. The van der Waals surface area contributed by atoms with E-state index in [1.54, 1.807) is 6.07 Å². The highest BCUT2D eigenvalue weighted by Gasteiger charge is 2.16. The molecule has 0 atom stereocenters. The van der Waals surface area contributed by atoms with Crippen molar-refractivity contribution in [3.63, 3.8) is 0 Å². The molecule has 4 nitrogen and oxygen atoms in total. The van der Waals surface area contributed by atoms with Crippen LogP contribution < -0.4 is 10.6 Å². The summed E-state index contributed by atoms with van der Waals surface area (Å²) in [6, 6.07) is 9.58. The van der Waals surface area contributed by atoms with E-state index in [0.717, 1.165) is 29.4 Å². The molecule has 1 fully saturated rings. The summed E-state index contributed by atoms with van der Waals surface area (Å²) in [4.78, 5) is 12.2. The van der Waals surface area contributed by atoms with Crippen LogP contribution in [0.4, 0.5) is 11.4 Å². The molecule has 2 aromatic rings. The van der Waals surface area contributed by atoms with E-state index >= 15 is 0 Å². The molecule has 23 heavy (non-hydrogen) atoms. The van der Waals surface area contributed by atoms with E-state index in [1.165, 1.54) is 25.7 Å². The Bertz CT molecular complexity index is 673. The van der Waals surface area contributed by atoms with Crippen LogP contribution >= 0.6 is 15.9 Å². The van der Waals surface area contributed by atoms with Crippen LogP contribution in [0, 0.1) is 12.8 Å². The molecule has 1 saturated carbocycles. The molecule has 3 rings (SSSR count). The Labute approximate surface area is 144 Å². The third-order valence-electron chi connectivity index (χ3n) is 4.31. The van der Waals surface area contributed by atoms with Crippen molar-refractivity contribution in [1.29, 1.82) is 0 Å². The van der Waals surface area contributed by atoms with E-state index in [2.05, 4.69) is 26.6 Å². The Morgan fingerprint density at radius 2 is 1.87 bits per heavy atom. The van der Waals surface area contributed by atoms with Crippen molar-refractivity contribution in [2.45, 2.75) is 32.6 Å². The van der Waals surface area contributed by atoms with Crippen molar-refractivity contribution >= 4 is 33.2 Å². The number of carbonyl (C=O) groups is 1. The zero-order valence-corrected chi connectivity index (χ0v) is 14.8. The van der Waals surface area contributed by atoms with E-state index in [-0.39, 0.29) is 5.91 Å². The Hall–Kier alpha value is -1.75. The fraction of sp³-hybridized carbons (Fsp3) is 0.389. The predicted molar refractivity (Wildman–Crippen MR) is 96.0 cm³/mol. The molecule has 0 saturated heterocycles. The smallest absolute Gasteiger partial charge is 0.291 e. The summed E-state index contributed by atoms with van der Waals surface area (Å²) < 4.78 is 5.92. The summed E-state index contributed by atoms with van der Waals surface area (Å²) in [6.07, 6.45) is 5.39. The van der Waals surface area contributed by atoms with Gasteiger partial charge in [0.15, 0.2) is 10.4 Å². The first kappa shape index (κ1) is 16.1. The molecule has 1 heterocycles. The van der Waals surface area contributed by atoms with Gasteiger partial charge in [-0.3, -0.25) is 4.79 Å². The first-order chi connectivity index (χ1) is 11.1. The van der Waals surface area contributed by atoms with E-state index < -0.39 is 0 Å². The fourth-order valence-electron chi connectivity index (χ4n) is 3.00. The summed E-state index contributed by atoms with van der Waals surface area (Å²) in [5.74, 6) is 0.898. The summed E-state index contributed by atoms with van der Waals surface area (Å²) >= 11 is 3.24. The lowest BCUT2D eigenvalue weighted by molar-refractivity contribution is 0.0994. The van der Waals surface area contributed by atoms with Crippen LogP contribution in [0.15, 0.2) is 39.4 Å². The number of nitrogens with one attached hydrogen (secondary N) is 2. The molecule has 0 aliphatic heterocycles. The lowest BCUT2D eigenvalue weighted by atomic mass is 10.1. The molecule has 0 spiro atoms. The van der Waals surface area contributed by atoms with Crippen LogP contribution in [0.25, 0.3) is 0 Å². The largest absolute Gasteiger partial charge is 0.444 e. The van der Waals surface area contributed by atoms with Crippen LogP contribution in [0.1, 0.15) is 41.8 Å². The average Bonchev–Trinajstić information content (AvgIpc) is 3.16. The third kappa shape index (κ3) is 4.16. The molecular formula is C18H21BrN2O2. The molecule has 1 aliphatic rings. The number of aryl methyl sites for hydroxylation is 1. The molecule has 0 radical (unpaired) electrons. The Morgan fingerprint density at radius 3 is 2.48 bits per heavy atom. The van der Waals surface area contributed by atoms with Gasteiger partial charge in [0.1, 0.15) is 0 Å². The number of hydrogen-bond donors (Lipinski definition) is 2. The molecule has 0 unspecified atom stereocenters. The second-order valence-corrected chi connectivity index (χ2v) is 6.91. The lowest BCUT2D eigenvalue weighted by Crippen LogP contribution is -2.13.